The molecule has 1 aliphatic heterocycles. The van der Waals surface area contributed by atoms with Crippen LogP contribution in [-0.4, -0.2) is 49.4 Å². The first-order chi connectivity index (χ1) is 12.2. The summed E-state index contributed by atoms with van der Waals surface area (Å²) in [6.45, 7) is 1.85. The number of rotatable bonds is 3. The third-order valence-corrected chi connectivity index (χ3v) is 5.36. The molecule has 1 saturated carbocycles. The van der Waals surface area contributed by atoms with Crippen molar-refractivity contribution in [2.45, 2.75) is 37.8 Å². The van der Waals surface area contributed by atoms with Crippen LogP contribution in [0.1, 0.15) is 25.7 Å². The van der Waals surface area contributed by atoms with Gasteiger partial charge in [0.05, 0.1) is 19.7 Å². The number of benzene rings is 1. The number of hydrogen-bond donors (Lipinski definition) is 2. The number of nitrogens with one attached hydrogen (secondary N) is 1. The first-order valence-electron chi connectivity index (χ1n) is 8.90. The number of anilines is 2. The van der Waals surface area contributed by atoms with Crippen molar-refractivity contribution in [3.05, 3.63) is 12.1 Å². The summed E-state index contributed by atoms with van der Waals surface area (Å²) >= 11 is 0. The topological polar surface area (TPSA) is 85.5 Å². The van der Waals surface area contributed by atoms with E-state index in [4.69, 9.17) is 20.2 Å². The van der Waals surface area contributed by atoms with E-state index in [0.29, 0.717) is 29.4 Å². The maximum absolute atomic E-state index is 6.26. The predicted octanol–water partition coefficient (Wildman–Crippen LogP) is 2.79. The Kier molecular flexibility index (Phi) is 7.19. The van der Waals surface area contributed by atoms with Crippen molar-refractivity contribution in [1.29, 1.82) is 0 Å². The SMILES string of the molecule is COc1cc2nc(N3CCN[C@H]4CCCC[C@H]43)nc(N)c2cc1OC.Cl.Cl. The molecule has 2 atom stereocenters. The first-order valence-corrected chi connectivity index (χ1v) is 8.90. The molecule has 1 saturated heterocycles. The highest BCUT2D eigenvalue weighted by Gasteiger charge is 2.34. The molecular weight excluding hydrogens is 389 g/mol. The number of hydrogen-bond acceptors (Lipinski definition) is 7. The van der Waals surface area contributed by atoms with Gasteiger partial charge in [0.1, 0.15) is 5.82 Å². The van der Waals surface area contributed by atoms with Gasteiger partial charge in [0.25, 0.3) is 0 Å². The van der Waals surface area contributed by atoms with Crippen molar-refractivity contribution < 1.29 is 9.47 Å². The van der Waals surface area contributed by atoms with Crippen molar-refractivity contribution in [1.82, 2.24) is 15.3 Å². The molecule has 2 aliphatic rings. The van der Waals surface area contributed by atoms with Gasteiger partial charge >= 0.3 is 0 Å². The Hall–Kier alpha value is -1.70. The average molecular weight is 416 g/mol. The molecule has 7 nitrogen and oxygen atoms in total. The second-order valence-electron chi connectivity index (χ2n) is 6.74. The van der Waals surface area contributed by atoms with E-state index >= 15 is 0 Å². The van der Waals surface area contributed by atoms with E-state index in [-0.39, 0.29) is 24.8 Å². The van der Waals surface area contributed by atoms with Crippen LogP contribution in [0, 0.1) is 0 Å². The van der Waals surface area contributed by atoms with Crippen molar-refractivity contribution >= 4 is 47.5 Å². The van der Waals surface area contributed by atoms with Gasteiger partial charge in [-0.3, -0.25) is 0 Å². The fraction of sp³-hybridized carbons (Fsp3) is 0.556. The number of fused-ring (bicyclic) bond motifs is 2. The van der Waals surface area contributed by atoms with Crippen molar-refractivity contribution in [2.24, 2.45) is 0 Å². The molecule has 1 aromatic heterocycles. The summed E-state index contributed by atoms with van der Waals surface area (Å²) in [6, 6.07) is 4.68. The van der Waals surface area contributed by atoms with Crippen molar-refractivity contribution in [3.8, 4) is 11.5 Å². The van der Waals surface area contributed by atoms with Crippen LogP contribution in [0.2, 0.25) is 0 Å². The third-order valence-electron chi connectivity index (χ3n) is 5.36. The minimum Gasteiger partial charge on any atom is -0.493 e. The second kappa shape index (κ2) is 8.99. The van der Waals surface area contributed by atoms with E-state index in [0.717, 1.165) is 29.9 Å². The van der Waals surface area contributed by atoms with Crippen LogP contribution in [0.5, 0.6) is 11.5 Å². The number of piperazine rings is 1. The van der Waals surface area contributed by atoms with Gasteiger partial charge in [0.2, 0.25) is 5.95 Å². The number of nitrogens with zero attached hydrogens (tertiary/aromatic N) is 3. The number of aromatic nitrogens is 2. The lowest BCUT2D eigenvalue weighted by molar-refractivity contribution is 0.282. The highest BCUT2D eigenvalue weighted by Crippen LogP contribution is 2.35. The Balaban J connectivity index is 0.00000131. The standard InChI is InChI=1S/C18H25N5O2.2ClH/c1-24-15-9-11-13(10-16(15)25-2)21-18(22-17(11)19)23-8-7-20-12-5-3-4-6-14(12)23;;/h9-10,12,14,20H,3-8H2,1-2H3,(H2,19,21,22);2*1H/t12-,14+;;/m0../s1. The number of halogens is 2. The van der Waals surface area contributed by atoms with Crippen LogP contribution in [0.15, 0.2) is 12.1 Å². The van der Waals surface area contributed by atoms with Gasteiger partial charge in [-0.2, -0.15) is 4.98 Å². The zero-order valence-corrected chi connectivity index (χ0v) is 17.2. The Morgan fingerprint density at radius 1 is 1.07 bits per heavy atom. The molecule has 0 bridgehead atoms. The molecule has 27 heavy (non-hydrogen) atoms. The smallest absolute Gasteiger partial charge is 0.228 e. The maximum atomic E-state index is 6.26. The van der Waals surface area contributed by atoms with E-state index in [1.165, 1.54) is 25.7 Å². The van der Waals surface area contributed by atoms with Crippen LogP contribution in [0.3, 0.4) is 0 Å². The number of methoxy groups -OCH3 is 2. The zero-order chi connectivity index (χ0) is 17.4. The minimum absolute atomic E-state index is 0. The van der Waals surface area contributed by atoms with Crippen LogP contribution < -0.4 is 25.4 Å². The van der Waals surface area contributed by atoms with Gasteiger partial charge < -0.3 is 25.4 Å². The summed E-state index contributed by atoms with van der Waals surface area (Å²) in [7, 11) is 3.23. The third kappa shape index (κ3) is 3.95. The van der Waals surface area contributed by atoms with Crippen LogP contribution in [0.4, 0.5) is 11.8 Å². The molecule has 1 aliphatic carbocycles. The summed E-state index contributed by atoms with van der Waals surface area (Å²) in [4.78, 5) is 11.7. The van der Waals surface area contributed by atoms with E-state index in [2.05, 4.69) is 15.2 Å². The molecule has 0 radical (unpaired) electrons. The Bertz CT molecular complexity index is 790. The molecule has 9 heteroatoms. The van der Waals surface area contributed by atoms with Crippen LogP contribution in [-0.2, 0) is 0 Å². The summed E-state index contributed by atoms with van der Waals surface area (Å²) in [6.07, 6.45) is 4.94. The van der Waals surface area contributed by atoms with E-state index in [9.17, 15) is 0 Å². The van der Waals surface area contributed by atoms with Crippen molar-refractivity contribution in [2.75, 3.05) is 37.9 Å². The maximum Gasteiger partial charge on any atom is 0.228 e. The largest absolute Gasteiger partial charge is 0.493 e. The lowest BCUT2D eigenvalue weighted by Gasteiger charge is -2.44. The summed E-state index contributed by atoms with van der Waals surface area (Å²) in [5, 5.41) is 4.43. The Morgan fingerprint density at radius 3 is 2.52 bits per heavy atom. The average Bonchev–Trinajstić information content (AvgIpc) is 2.66. The lowest BCUT2D eigenvalue weighted by atomic mass is 9.88. The fourth-order valence-electron chi connectivity index (χ4n) is 4.10. The Labute approximate surface area is 171 Å². The molecular formula is C18H27Cl2N5O2. The molecule has 150 valence electrons. The lowest BCUT2D eigenvalue weighted by Crippen LogP contribution is -2.59. The van der Waals surface area contributed by atoms with Crippen LogP contribution in [0.25, 0.3) is 10.9 Å². The first kappa shape index (κ1) is 21.6. The quantitative estimate of drug-likeness (QED) is 0.796. The molecule has 4 rings (SSSR count). The number of nitrogen functional groups attached to an aromatic ring is 1. The van der Waals surface area contributed by atoms with Gasteiger partial charge in [-0.1, -0.05) is 12.8 Å². The molecule has 3 N–H and O–H groups in total. The van der Waals surface area contributed by atoms with E-state index < -0.39 is 0 Å². The molecule has 0 spiro atoms. The fourth-order valence-corrected chi connectivity index (χ4v) is 4.10. The predicted molar refractivity (Wildman–Crippen MR) is 113 cm³/mol. The molecule has 2 fully saturated rings. The summed E-state index contributed by atoms with van der Waals surface area (Å²) < 4.78 is 10.8. The molecule has 2 heterocycles. The van der Waals surface area contributed by atoms with Crippen LogP contribution >= 0.6 is 24.8 Å². The van der Waals surface area contributed by atoms with E-state index in [1.807, 2.05) is 12.1 Å². The number of ether oxygens (including phenoxy) is 2. The summed E-state index contributed by atoms with van der Waals surface area (Å²) in [5.74, 6) is 2.48. The molecule has 1 aromatic carbocycles. The highest BCUT2D eigenvalue weighted by molar-refractivity contribution is 5.91. The van der Waals surface area contributed by atoms with E-state index in [1.54, 1.807) is 14.2 Å². The van der Waals surface area contributed by atoms with Gasteiger partial charge in [-0.15, -0.1) is 24.8 Å². The van der Waals surface area contributed by atoms with Gasteiger partial charge in [-0.25, -0.2) is 4.98 Å². The van der Waals surface area contributed by atoms with Gasteiger partial charge in [0, 0.05) is 36.6 Å². The normalized spacial score (nSPS) is 21.6. The second-order valence-corrected chi connectivity index (χ2v) is 6.74. The molecule has 0 amide bonds. The van der Waals surface area contributed by atoms with Gasteiger partial charge in [0.15, 0.2) is 11.5 Å². The van der Waals surface area contributed by atoms with Gasteiger partial charge in [-0.05, 0) is 18.9 Å². The molecule has 0 unspecified atom stereocenters. The highest BCUT2D eigenvalue weighted by atomic mass is 35.5. The molecule has 2 aromatic rings. The number of nitrogens with two attached hydrogens (primary N) is 1. The van der Waals surface area contributed by atoms with Crippen molar-refractivity contribution in [3.63, 3.8) is 0 Å². The monoisotopic (exact) mass is 415 g/mol. The Morgan fingerprint density at radius 2 is 1.78 bits per heavy atom. The zero-order valence-electron chi connectivity index (χ0n) is 15.6. The minimum atomic E-state index is 0. The summed E-state index contributed by atoms with van der Waals surface area (Å²) in [5.41, 5.74) is 7.04.